The molecule has 0 heterocycles. The first-order valence-corrected chi connectivity index (χ1v) is 7.15. The Morgan fingerprint density at radius 1 is 1.26 bits per heavy atom. The van der Waals surface area contributed by atoms with E-state index in [1.807, 2.05) is 49.4 Å². The molecule has 0 spiro atoms. The van der Waals surface area contributed by atoms with Crippen LogP contribution in [0.4, 0.5) is 0 Å². The molecule has 0 aromatic heterocycles. The van der Waals surface area contributed by atoms with E-state index in [4.69, 9.17) is 22.1 Å². The fourth-order valence-electron chi connectivity index (χ4n) is 1.86. The molecule has 2 aromatic rings. The van der Waals surface area contributed by atoms with Gasteiger partial charge in [-0.3, -0.25) is 0 Å². The predicted octanol–water partition coefficient (Wildman–Crippen LogP) is 4.49. The lowest BCUT2D eigenvalue weighted by Gasteiger charge is -2.19. The number of rotatable bonds is 4. The normalized spacial score (nSPS) is 12.2. The van der Waals surface area contributed by atoms with Gasteiger partial charge in [-0.25, -0.2) is 0 Å². The van der Waals surface area contributed by atoms with Crippen LogP contribution >= 0.6 is 27.5 Å². The molecule has 0 aliphatic carbocycles. The second kappa shape index (κ2) is 6.42. The van der Waals surface area contributed by atoms with Crippen LogP contribution < -0.4 is 10.5 Å². The lowest BCUT2D eigenvalue weighted by atomic mass is 10.1. The molecule has 2 aromatic carbocycles. The molecule has 100 valence electrons. The summed E-state index contributed by atoms with van der Waals surface area (Å²) in [4.78, 5) is 0. The van der Waals surface area contributed by atoms with Crippen molar-refractivity contribution in [2.45, 2.75) is 13.0 Å². The standard InChI is InChI=1S/C15H15BrClNO/c1-10-7-13(17)5-6-14(10)19-15(9-18)11-3-2-4-12(16)8-11/h2-8,15H,9,18H2,1H3. The third kappa shape index (κ3) is 3.72. The summed E-state index contributed by atoms with van der Waals surface area (Å²) in [5, 5.41) is 0.705. The third-order valence-corrected chi connectivity index (χ3v) is 3.57. The molecule has 0 fully saturated rings. The fraction of sp³-hybridized carbons (Fsp3) is 0.200. The van der Waals surface area contributed by atoms with Crippen LogP contribution in [0.25, 0.3) is 0 Å². The maximum absolute atomic E-state index is 5.99. The third-order valence-electron chi connectivity index (χ3n) is 2.84. The number of hydrogen-bond acceptors (Lipinski definition) is 2. The van der Waals surface area contributed by atoms with Gasteiger partial charge in [0.2, 0.25) is 0 Å². The van der Waals surface area contributed by atoms with Gasteiger partial charge in [-0.1, -0.05) is 39.7 Å². The van der Waals surface area contributed by atoms with Gasteiger partial charge in [-0.2, -0.15) is 0 Å². The van der Waals surface area contributed by atoms with Crippen LogP contribution in [0.15, 0.2) is 46.9 Å². The zero-order chi connectivity index (χ0) is 13.8. The Bertz CT molecular complexity index is 574. The Hall–Kier alpha value is -1.03. The van der Waals surface area contributed by atoms with Crippen molar-refractivity contribution in [2.24, 2.45) is 5.73 Å². The zero-order valence-electron chi connectivity index (χ0n) is 10.6. The van der Waals surface area contributed by atoms with Gasteiger partial charge in [0.15, 0.2) is 0 Å². The summed E-state index contributed by atoms with van der Waals surface area (Å²) in [5.41, 5.74) is 7.86. The second-order valence-corrected chi connectivity index (χ2v) is 5.66. The maximum Gasteiger partial charge on any atom is 0.136 e. The van der Waals surface area contributed by atoms with E-state index in [-0.39, 0.29) is 6.10 Å². The lowest BCUT2D eigenvalue weighted by molar-refractivity contribution is 0.212. The number of benzene rings is 2. The molecule has 0 amide bonds. The SMILES string of the molecule is Cc1cc(Cl)ccc1OC(CN)c1cccc(Br)c1. The van der Waals surface area contributed by atoms with Gasteiger partial charge in [0, 0.05) is 16.0 Å². The quantitative estimate of drug-likeness (QED) is 0.890. The number of nitrogens with two attached hydrogens (primary N) is 1. The average Bonchev–Trinajstić information content (AvgIpc) is 2.38. The molecule has 0 saturated carbocycles. The first-order valence-electron chi connectivity index (χ1n) is 5.98. The van der Waals surface area contributed by atoms with Crippen molar-refractivity contribution in [1.29, 1.82) is 0 Å². The molecule has 0 radical (unpaired) electrons. The summed E-state index contributed by atoms with van der Waals surface area (Å²) in [5.74, 6) is 0.805. The highest BCUT2D eigenvalue weighted by Crippen LogP contribution is 2.27. The van der Waals surface area contributed by atoms with Gasteiger partial charge < -0.3 is 10.5 Å². The summed E-state index contributed by atoms with van der Waals surface area (Å²) in [6.07, 6.45) is -0.169. The van der Waals surface area contributed by atoms with Crippen molar-refractivity contribution in [3.05, 3.63) is 63.1 Å². The van der Waals surface area contributed by atoms with Crippen LogP contribution in [0.3, 0.4) is 0 Å². The minimum absolute atomic E-state index is 0.169. The minimum Gasteiger partial charge on any atom is -0.484 e. The molecule has 0 bridgehead atoms. The van der Waals surface area contributed by atoms with E-state index in [9.17, 15) is 0 Å². The number of aryl methyl sites for hydroxylation is 1. The highest BCUT2D eigenvalue weighted by atomic mass is 79.9. The molecule has 0 aliphatic rings. The van der Waals surface area contributed by atoms with Gasteiger partial charge >= 0.3 is 0 Å². The van der Waals surface area contributed by atoms with Gasteiger partial charge in [-0.05, 0) is 48.4 Å². The molecule has 1 unspecified atom stereocenters. The predicted molar refractivity (Wildman–Crippen MR) is 82.8 cm³/mol. The Kier molecular flexibility index (Phi) is 4.86. The molecule has 2 rings (SSSR count). The van der Waals surface area contributed by atoms with Gasteiger partial charge in [0.1, 0.15) is 11.9 Å². The van der Waals surface area contributed by atoms with Crippen LogP contribution in [0.2, 0.25) is 5.02 Å². The highest BCUT2D eigenvalue weighted by Gasteiger charge is 2.13. The Morgan fingerprint density at radius 2 is 2.05 bits per heavy atom. The van der Waals surface area contributed by atoms with Crippen molar-refractivity contribution in [1.82, 2.24) is 0 Å². The van der Waals surface area contributed by atoms with Crippen molar-refractivity contribution in [3.8, 4) is 5.75 Å². The molecule has 2 N–H and O–H groups in total. The molecule has 19 heavy (non-hydrogen) atoms. The maximum atomic E-state index is 5.99. The Balaban J connectivity index is 2.24. The van der Waals surface area contributed by atoms with Crippen LogP contribution in [0.5, 0.6) is 5.75 Å². The molecule has 2 nitrogen and oxygen atoms in total. The fourth-order valence-corrected chi connectivity index (χ4v) is 2.50. The van der Waals surface area contributed by atoms with Crippen LogP contribution in [-0.2, 0) is 0 Å². The zero-order valence-corrected chi connectivity index (χ0v) is 12.9. The van der Waals surface area contributed by atoms with E-state index in [1.54, 1.807) is 0 Å². The van der Waals surface area contributed by atoms with Crippen molar-refractivity contribution >= 4 is 27.5 Å². The summed E-state index contributed by atoms with van der Waals surface area (Å²) in [7, 11) is 0. The van der Waals surface area contributed by atoms with E-state index in [0.29, 0.717) is 11.6 Å². The summed E-state index contributed by atoms with van der Waals surface area (Å²) < 4.78 is 7.00. The molecule has 4 heteroatoms. The first kappa shape index (κ1) is 14.4. The summed E-state index contributed by atoms with van der Waals surface area (Å²) in [6.45, 7) is 2.38. The van der Waals surface area contributed by atoms with E-state index in [1.165, 1.54) is 0 Å². The summed E-state index contributed by atoms with van der Waals surface area (Å²) in [6, 6.07) is 13.5. The largest absolute Gasteiger partial charge is 0.484 e. The van der Waals surface area contributed by atoms with Crippen LogP contribution in [0.1, 0.15) is 17.2 Å². The van der Waals surface area contributed by atoms with E-state index >= 15 is 0 Å². The van der Waals surface area contributed by atoms with Crippen molar-refractivity contribution in [2.75, 3.05) is 6.54 Å². The molecular formula is C15H15BrClNO. The Morgan fingerprint density at radius 3 is 2.68 bits per heavy atom. The number of ether oxygens (including phenoxy) is 1. The minimum atomic E-state index is -0.169. The smallest absolute Gasteiger partial charge is 0.136 e. The molecule has 0 aliphatic heterocycles. The van der Waals surface area contributed by atoms with Gasteiger partial charge in [-0.15, -0.1) is 0 Å². The van der Waals surface area contributed by atoms with Gasteiger partial charge in [0.05, 0.1) is 0 Å². The van der Waals surface area contributed by atoms with E-state index in [2.05, 4.69) is 15.9 Å². The van der Waals surface area contributed by atoms with Crippen molar-refractivity contribution in [3.63, 3.8) is 0 Å². The monoisotopic (exact) mass is 339 g/mol. The van der Waals surface area contributed by atoms with Crippen LogP contribution in [-0.4, -0.2) is 6.54 Å². The molecule has 1 atom stereocenters. The molecule has 0 saturated heterocycles. The second-order valence-electron chi connectivity index (χ2n) is 4.31. The average molecular weight is 341 g/mol. The Labute approximate surface area is 126 Å². The van der Waals surface area contributed by atoms with Crippen molar-refractivity contribution < 1.29 is 4.74 Å². The van der Waals surface area contributed by atoms with Gasteiger partial charge in [0.25, 0.3) is 0 Å². The number of hydrogen-bond donors (Lipinski definition) is 1. The summed E-state index contributed by atoms with van der Waals surface area (Å²) >= 11 is 9.39. The van der Waals surface area contributed by atoms with E-state index < -0.39 is 0 Å². The van der Waals surface area contributed by atoms with E-state index in [0.717, 1.165) is 21.3 Å². The number of halogens is 2. The topological polar surface area (TPSA) is 35.2 Å². The highest BCUT2D eigenvalue weighted by molar-refractivity contribution is 9.10. The molecular weight excluding hydrogens is 326 g/mol. The van der Waals surface area contributed by atoms with Crippen LogP contribution in [0, 0.1) is 6.92 Å². The lowest BCUT2D eigenvalue weighted by Crippen LogP contribution is -2.18. The first-order chi connectivity index (χ1) is 9.10.